The lowest BCUT2D eigenvalue weighted by Gasteiger charge is -2.22. The van der Waals surface area contributed by atoms with Crippen molar-refractivity contribution in [1.29, 1.82) is 0 Å². The van der Waals surface area contributed by atoms with E-state index in [0.29, 0.717) is 0 Å². The van der Waals surface area contributed by atoms with Crippen molar-refractivity contribution >= 4 is 0 Å². The molecule has 1 aromatic heterocycles. The fraction of sp³-hybridized carbons (Fsp3) is 0.533. The Morgan fingerprint density at radius 2 is 2.22 bits per heavy atom. The summed E-state index contributed by atoms with van der Waals surface area (Å²) in [6.45, 7) is 0. The number of hydrogen-bond donors (Lipinski definition) is 1. The van der Waals surface area contributed by atoms with Crippen LogP contribution in [0.2, 0.25) is 0 Å². The summed E-state index contributed by atoms with van der Waals surface area (Å²) in [5.74, 6) is 0.863. The first kappa shape index (κ1) is 13.1. The number of allylic oxidation sites excluding steroid dienone is 1. The molecule has 2 rings (SSSR count). The normalized spacial score (nSPS) is 17.8. The zero-order valence-electron chi connectivity index (χ0n) is 11.3. The highest BCUT2D eigenvalue weighted by molar-refractivity contribution is 5.38. The molecular formula is C15H22N2O. The molecule has 0 amide bonds. The molecule has 3 heteroatoms. The van der Waals surface area contributed by atoms with Crippen LogP contribution in [-0.4, -0.2) is 19.1 Å². The number of pyridine rings is 1. The van der Waals surface area contributed by atoms with Gasteiger partial charge in [-0.25, -0.2) is 0 Å². The maximum atomic E-state index is 5.42. The summed E-state index contributed by atoms with van der Waals surface area (Å²) >= 11 is 0. The van der Waals surface area contributed by atoms with E-state index in [9.17, 15) is 0 Å². The van der Waals surface area contributed by atoms with Gasteiger partial charge in [0, 0.05) is 11.8 Å². The minimum atomic E-state index is 0.251. The highest BCUT2D eigenvalue weighted by atomic mass is 16.5. The summed E-state index contributed by atoms with van der Waals surface area (Å²) < 4.78 is 5.42. The van der Waals surface area contributed by atoms with Crippen molar-refractivity contribution in [2.75, 3.05) is 14.2 Å². The van der Waals surface area contributed by atoms with E-state index in [1.807, 2.05) is 19.3 Å². The summed E-state index contributed by atoms with van der Waals surface area (Å²) in [6, 6.07) is 2.30. The summed E-state index contributed by atoms with van der Waals surface area (Å²) in [6.07, 6.45) is 12.3. The number of methoxy groups -OCH3 is 1. The number of ether oxygens (including phenoxy) is 1. The van der Waals surface area contributed by atoms with Gasteiger partial charge < -0.3 is 10.1 Å². The van der Waals surface area contributed by atoms with Crippen LogP contribution in [0.1, 0.15) is 43.7 Å². The Balaban J connectivity index is 2.29. The van der Waals surface area contributed by atoms with Crippen LogP contribution in [0.5, 0.6) is 5.75 Å². The monoisotopic (exact) mass is 246 g/mol. The highest BCUT2D eigenvalue weighted by Gasteiger charge is 2.19. The number of hydrogen-bond acceptors (Lipinski definition) is 3. The van der Waals surface area contributed by atoms with E-state index in [4.69, 9.17) is 4.74 Å². The van der Waals surface area contributed by atoms with Crippen molar-refractivity contribution in [1.82, 2.24) is 10.3 Å². The molecule has 18 heavy (non-hydrogen) atoms. The Kier molecular flexibility index (Phi) is 4.76. The molecule has 0 aromatic carbocycles. The average molecular weight is 246 g/mol. The molecule has 0 saturated heterocycles. The molecule has 1 unspecified atom stereocenters. The second-order valence-corrected chi connectivity index (χ2v) is 4.72. The van der Waals surface area contributed by atoms with Crippen molar-refractivity contribution in [3.8, 4) is 5.75 Å². The van der Waals surface area contributed by atoms with Crippen LogP contribution >= 0.6 is 0 Å². The molecule has 1 aromatic rings. The maximum Gasteiger partial charge on any atom is 0.142 e. The fourth-order valence-electron chi connectivity index (χ4n) is 2.64. The molecule has 1 aliphatic carbocycles. The lowest BCUT2D eigenvalue weighted by Crippen LogP contribution is -2.19. The lowest BCUT2D eigenvalue weighted by molar-refractivity contribution is 0.402. The van der Waals surface area contributed by atoms with Gasteiger partial charge in [0.25, 0.3) is 0 Å². The Bertz CT molecular complexity index is 415. The summed E-state index contributed by atoms with van der Waals surface area (Å²) in [7, 11) is 3.71. The molecule has 1 atom stereocenters. The second kappa shape index (κ2) is 6.55. The average Bonchev–Trinajstić information content (AvgIpc) is 2.69. The van der Waals surface area contributed by atoms with E-state index < -0.39 is 0 Å². The molecule has 0 saturated carbocycles. The Hall–Kier alpha value is -1.35. The summed E-state index contributed by atoms with van der Waals surface area (Å²) in [4.78, 5) is 4.12. The molecular weight excluding hydrogens is 224 g/mol. The Labute approximate surface area is 109 Å². The standard InChI is InChI=1S/C15H22N2O/c1-16-15(12-7-5-3-4-6-8-12)13-9-10-17-11-14(13)18-2/h7,9-11,15-16H,3-6,8H2,1-2H3. The first-order valence-electron chi connectivity index (χ1n) is 6.71. The predicted octanol–water partition coefficient (Wildman–Crippen LogP) is 3.24. The third-order valence-corrected chi connectivity index (χ3v) is 3.58. The minimum absolute atomic E-state index is 0.251. The number of nitrogens with one attached hydrogen (secondary N) is 1. The van der Waals surface area contributed by atoms with Crippen molar-refractivity contribution in [2.24, 2.45) is 0 Å². The third kappa shape index (κ3) is 2.91. The lowest BCUT2D eigenvalue weighted by atomic mass is 9.95. The minimum Gasteiger partial charge on any atom is -0.495 e. The van der Waals surface area contributed by atoms with Gasteiger partial charge in [-0.15, -0.1) is 0 Å². The van der Waals surface area contributed by atoms with Crippen LogP contribution in [0.4, 0.5) is 0 Å². The topological polar surface area (TPSA) is 34.2 Å². The van der Waals surface area contributed by atoms with Crippen LogP contribution in [0.3, 0.4) is 0 Å². The molecule has 0 spiro atoms. The Morgan fingerprint density at radius 3 is 3.00 bits per heavy atom. The summed E-state index contributed by atoms with van der Waals surface area (Å²) in [5.41, 5.74) is 2.67. The first-order chi connectivity index (χ1) is 8.86. The largest absolute Gasteiger partial charge is 0.495 e. The van der Waals surface area contributed by atoms with E-state index in [2.05, 4.69) is 16.4 Å². The van der Waals surface area contributed by atoms with Crippen LogP contribution < -0.4 is 10.1 Å². The third-order valence-electron chi connectivity index (χ3n) is 3.58. The van der Waals surface area contributed by atoms with Gasteiger partial charge in [0.2, 0.25) is 0 Å². The van der Waals surface area contributed by atoms with Crippen LogP contribution in [0.25, 0.3) is 0 Å². The first-order valence-corrected chi connectivity index (χ1v) is 6.71. The summed E-state index contributed by atoms with van der Waals surface area (Å²) in [5, 5.41) is 3.41. The van der Waals surface area contributed by atoms with E-state index in [-0.39, 0.29) is 6.04 Å². The predicted molar refractivity (Wildman–Crippen MR) is 73.8 cm³/mol. The molecule has 98 valence electrons. The van der Waals surface area contributed by atoms with E-state index in [1.165, 1.54) is 43.2 Å². The SMILES string of the molecule is CNC(C1=CCCCCC1)c1ccncc1OC. The van der Waals surface area contributed by atoms with Gasteiger partial charge in [-0.3, -0.25) is 4.98 Å². The second-order valence-electron chi connectivity index (χ2n) is 4.72. The van der Waals surface area contributed by atoms with E-state index in [1.54, 1.807) is 13.3 Å². The molecule has 3 nitrogen and oxygen atoms in total. The highest BCUT2D eigenvalue weighted by Crippen LogP contribution is 2.33. The van der Waals surface area contributed by atoms with Crippen molar-refractivity contribution < 1.29 is 4.74 Å². The number of rotatable bonds is 4. The molecule has 0 bridgehead atoms. The van der Waals surface area contributed by atoms with Crippen LogP contribution in [-0.2, 0) is 0 Å². The van der Waals surface area contributed by atoms with Crippen LogP contribution in [0.15, 0.2) is 30.1 Å². The molecule has 0 aliphatic heterocycles. The van der Waals surface area contributed by atoms with E-state index in [0.717, 1.165) is 5.75 Å². The van der Waals surface area contributed by atoms with Gasteiger partial charge in [0.15, 0.2) is 0 Å². The van der Waals surface area contributed by atoms with Gasteiger partial charge in [0.1, 0.15) is 5.75 Å². The van der Waals surface area contributed by atoms with Crippen molar-refractivity contribution in [3.63, 3.8) is 0 Å². The Morgan fingerprint density at radius 1 is 1.33 bits per heavy atom. The zero-order valence-corrected chi connectivity index (χ0v) is 11.3. The zero-order chi connectivity index (χ0) is 12.8. The quantitative estimate of drug-likeness (QED) is 0.828. The number of likely N-dealkylation sites (N-methyl/N-ethyl adjacent to an activating group) is 1. The van der Waals surface area contributed by atoms with Gasteiger partial charge in [-0.1, -0.05) is 18.1 Å². The van der Waals surface area contributed by atoms with Gasteiger partial charge >= 0.3 is 0 Å². The number of aromatic nitrogens is 1. The molecule has 0 radical (unpaired) electrons. The smallest absolute Gasteiger partial charge is 0.142 e. The molecule has 1 N–H and O–H groups in total. The molecule has 0 fully saturated rings. The van der Waals surface area contributed by atoms with E-state index >= 15 is 0 Å². The fourth-order valence-corrected chi connectivity index (χ4v) is 2.64. The number of nitrogens with zero attached hydrogens (tertiary/aromatic N) is 1. The van der Waals surface area contributed by atoms with Crippen molar-refractivity contribution in [3.05, 3.63) is 35.7 Å². The van der Waals surface area contributed by atoms with Gasteiger partial charge in [0.05, 0.1) is 19.3 Å². The van der Waals surface area contributed by atoms with Crippen molar-refractivity contribution in [2.45, 2.75) is 38.1 Å². The van der Waals surface area contributed by atoms with Gasteiger partial charge in [-0.05, 0) is 38.8 Å². The van der Waals surface area contributed by atoms with Crippen LogP contribution in [0, 0.1) is 0 Å². The van der Waals surface area contributed by atoms with Gasteiger partial charge in [-0.2, -0.15) is 0 Å². The maximum absolute atomic E-state index is 5.42. The molecule has 1 aliphatic rings. The molecule has 1 heterocycles.